The molecule has 0 aromatic heterocycles. The molecule has 0 bridgehead atoms. The van der Waals surface area contributed by atoms with Crippen molar-refractivity contribution >= 4 is 39.1 Å². The molecule has 4 heteroatoms. The average molecular weight is 325 g/mol. The van der Waals surface area contributed by atoms with Gasteiger partial charge < -0.3 is 5.32 Å². The molecule has 1 nitrogen and oxygen atoms in total. The summed E-state index contributed by atoms with van der Waals surface area (Å²) in [5.41, 5.74) is 1.08. The Kier molecular flexibility index (Phi) is 6.12. The van der Waals surface area contributed by atoms with Crippen LogP contribution in [0.15, 0.2) is 18.2 Å². The van der Waals surface area contributed by atoms with Gasteiger partial charge in [0.05, 0.1) is 0 Å². The highest BCUT2D eigenvalue weighted by Gasteiger charge is 2.10. The molecule has 0 spiro atoms. The van der Waals surface area contributed by atoms with E-state index >= 15 is 0 Å². The van der Waals surface area contributed by atoms with E-state index in [1.165, 1.54) is 0 Å². The van der Waals surface area contributed by atoms with Crippen molar-refractivity contribution in [3.63, 3.8) is 0 Å². The second-order valence-corrected chi connectivity index (χ2v) is 5.53. The van der Waals surface area contributed by atoms with E-state index in [2.05, 4.69) is 35.1 Å². The summed E-state index contributed by atoms with van der Waals surface area (Å²) in [6.45, 7) is 5.15. The Balaban J connectivity index is 2.54. The molecular formula is C12H16BrCl2N. The van der Waals surface area contributed by atoms with Crippen LogP contribution in [0.5, 0.6) is 0 Å². The van der Waals surface area contributed by atoms with Crippen LogP contribution in [0.1, 0.15) is 19.4 Å². The minimum Gasteiger partial charge on any atom is -0.310 e. The second kappa shape index (κ2) is 6.85. The number of alkyl halides is 1. The number of hydrogen-bond donors (Lipinski definition) is 1. The van der Waals surface area contributed by atoms with Gasteiger partial charge in [0, 0.05) is 28.0 Å². The van der Waals surface area contributed by atoms with Gasteiger partial charge in [-0.05, 0) is 30.5 Å². The summed E-state index contributed by atoms with van der Waals surface area (Å²) in [5, 5.41) is 5.85. The van der Waals surface area contributed by atoms with Crippen LogP contribution in [-0.4, -0.2) is 11.4 Å². The summed E-state index contributed by atoms with van der Waals surface area (Å²) in [6, 6.07) is 6.05. The largest absolute Gasteiger partial charge is 0.310 e. The smallest absolute Gasteiger partial charge is 0.0465 e. The van der Waals surface area contributed by atoms with Crippen LogP contribution in [-0.2, 0) is 6.54 Å². The molecule has 16 heavy (non-hydrogen) atoms. The highest BCUT2D eigenvalue weighted by molar-refractivity contribution is 9.09. The van der Waals surface area contributed by atoms with E-state index in [9.17, 15) is 0 Å². The summed E-state index contributed by atoms with van der Waals surface area (Å²) in [6.07, 6.45) is 0. The van der Waals surface area contributed by atoms with Crippen molar-refractivity contribution in [3.05, 3.63) is 33.8 Å². The first-order chi connectivity index (χ1) is 7.54. The van der Waals surface area contributed by atoms with Crippen molar-refractivity contribution in [2.45, 2.75) is 26.4 Å². The normalized spacial score (nSPS) is 14.8. The molecule has 0 heterocycles. The summed E-state index contributed by atoms with van der Waals surface area (Å²) in [4.78, 5) is 0. The van der Waals surface area contributed by atoms with E-state index in [4.69, 9.17) is 23.2 Å². The summed E-state index contributed by atoms with van der Waals surface area (Å²) in [5.74, 6) is 0.589. The summed E-state index contributed by atoms with van der Waals surface area (Å²) < 4.78 is 0. The minimum atomic E-state index is 0.450. The van der Waals surface area contributed by atoms with Gasteiger partial charge in [0.2, 0.25) is 0 Å². The molecule has 2 atom stereocenters. The highest BCUT2D eigenvalue weighted by atomic mass is 79.9. The molecule has 1 rings (SSSR count). The highest BCUT2D eigenvalue weighted by Crippen LogP contribution is 2.21. The maximum absolute atomic E-state index is 6.09. The van der Waals surface area contributed by atoms with Gasteiger partial charge in [-0.15, -0.1) is 0 Å². The fraction of sp³-hybridized carbons (Fsp3) is 0.500. The van der Waals surface area contributed by atoms with Crippen LogP contribution in [0.3, 0.4) is 0 Å². The van der Waals surface area contributed by atoms with Gasteiger partial charge in [-0.2, -0.15) is 0 Å². The zero-order valence-electron chi connectivity index (χ0n) is 9.43. The number of rotatable bonds is 5. The van der Waals surface area contributed by atoms with E-state index in [1.54, 1.807) is 6.07 Å². The van der Waals surface area contributed by atoms with E-state index in [0.717, 1.165) is 22.5 Å². The van der Waals surface area contributed by atoms with Gasteiger partial charge in [-0.3, -0.25) is 0 Å². The average Bonchev–Trinajstić information content (AvgIpc) is 2.26. The van der Waals surface area contributed by atoms with Crippen LogP contribution in [0.4, 0.5) is 0 Å². The number of benzene rings is 1. The Labute approximate surface area is 116 Å². The fourth-order valence-electron chi connectivity index (χ4n) is 1.27. The zero-order chi connectivity index (χ0) is 12.1. The first kappa shape index (κ1) is 14.3. The topological polar surface area (TPSA) is 12.0 Å². The molecule has 0 aliphatic rings. The van der Waals surface area contributed by atoms with Gasteiger partial charge in [-0.25, -0.2) is 0 Å². The number of nitrogens with one attached hydrogen (secondary N) is 1. The molecule has 1 aromatic carbocycles. The third kappa shape index (κ3) is 4.25. The predicted octanol–water partition coefficient (Wildman–Crippen LogP) is 4.50. The van der Waals surface area contributed by atoms with Gasteiger partial charge in [0.1, 0.15) is 0 Å². The predicted molar refractivity (Wildman–Crippen MR) is 75.7 cm³/mol. The molecule has 1 N–H and O–H groups in total. The molecule has 0 fully saturated rings. The fourth-order valence-corrected chi connectivity index (χ4v) is 2.31. The van der Waals surface area contributed by atoms with Gasteiger partial charge >= 0.3 is 0 Å². The molecule has 0 amide bonds. The molecule has 90 valence electrons. The molecule has 0 aliphatic carbocycles. The lowest BCUT2D eigenvalue weighted by molar-refractivity contribution is 0.433. The first-order valence-corrected chi connectivity index (χ1v) is 7.15. The third-order valence-electron chi connectivity index (χ3n) is 2.73. The molecular weight excluding hydrogens is 309 g/mol. The minimum absolute atomic E-state index is 0.450. The van der Waals surface area contributed by atoms with E-state index < -0.39 is 0 Å². The monoisotopic (exact) mass is 323 g/mol. The lowest BCUT2D eigenvalue weighted by Gasteiger charge is -2.19. The molecule has 0 radical (unpaired) electrons. The van der Waals surface area contributed by atoms with Gasteiger partial charge in [-0.1, -0.05) is 52.1 Å². The van der Waals surface area contributed by atoms with Crippen molar-refractivity contribution in [1.82, 2.24) is 5.32 Å². The lowest BCUT2D eigenvalue weighted by Crippen LogP contribution is -2.32. The number of halogens is 3. The van der Waals surface area contributed by atoms with Crippen molar-refractivity contribution in [2.75, 3.05) is 5.33 Å². The van der Waals surface area contributed by atoms with Crippen LogP contribution in [0.2, 0.25) is 10.0 Å². The Bertz CT molecular complexity index is 344. The van der Waals surface area contributed by atoms with E-state index in [1.807, 2.05) is 12.1 Å². The molecule has 0 aliphatic heterocycles. The third-order valence-corrected chi connectivity index (χ3v) is 4.33. The first-order valence-electron chi connectivity index (χ1n) is 5.28. The maximum atomic E-state index is 6.09. The zero-order valence-corrected chi connectivity index (χ0v) is 12.5. The van der Waals surface area contributed by atoms with Crippen LogP contribution in [0, 0.1) is 5.92 Å². The number of hydrogen-bond acceptors (Lipinski definition) is 1. The van der Waals surface area contributed by atoms with Crippen LogP contribution in [0.25, 0.3) is 0 Å². The van der Waals surface area contributed by atoms with Gasteiger partial charge in [0.25, 0.3) is 0 Å². The quantitative estimate of drug-likeness (QED) is 0.786. The van der Waals surface area contributed by atoms with Crippen molar-refractivity contribution in [3.8, 4) is 0 Å². The van der Waals surface area contributed by atoms with Crippen LogP contribution >= 0.6 is 39.1 Å². The van der Waals surface area contributed by atoms with Crippen LogP contribution < -0.4 is 5.32 Å². The van der Waals surface area contributed by atoms with E-state index in [0.29, 0.717) is 17.0 Å². The van der Waals surface area contributed by atoms with Crippen molar-refractivity contribution < 1.29 is 0 Å². The summed E-state index contributed by atoms with van der Waals surface area (Å²) in [7, 11) is 0. The van der Waals surface area contributed by atoms with Crippen molar-refractivity contribution in [2.24, 2.45) is 5.92 Å². The Morgan fingerprint density at radius 1 is 1.31 bits per heavy atom. The standard InChI is InChI=1S/C12H16BrCl2N/c1-8(6-13)9(2)16-7-10-3-4-11(14)5-12(10)15/h3-5,8-9,16H,6-7H2,1-2H3. The molecule has 0 saturated heterocycles. The summed E-state index contributed by atoms with van der Waals surface area (Å²) >= 11 is 15.4. The molecule has 1 aromatic rings. The maximum Gasteiger partial charge on any atom is 0.0465 e. The Hall–Kier alpha value is 0.240. The SMILES string of the molecule is CC(CBr)C(C)NCc1ccc(Cl)cc1Cl. The van der Waals surface area contributed by atoms with E-state index in [-0.39, 0.29) is 0 Å². The second-order valence-electron chi connectivity index (χ2n) is 4.04. The molecule has 0 saturated carbocycles. The Morgan fingerprint density at radius 3 is 2.56 bits per heavy atom. The Morgan fingerprint density at radius 2 is 2.00 bits per heavy atom. The van der Waals surface area contributed by atoms with Crippen molar-refractivity contribution in [1.29, 1.82) is 0 Å². The lowest BCUT2D eigenvalue weighted by atomic mass is 10.1. The van der Waals surface area contributed by atoms with Gasteiger partial charge in [0.15, 0.2) is 0 Å². The molecule has 2 unspecified atom stereocenters.